The van der Waals surface area contributed by atoms with E-state index in [-0.39, 0.29) is 0 Å². The summed E-state index contributed by atoms with van der Waals surface area (Å²) in [5.41, 5.74) is 0. The molecule has 0 saturated heterocycles. The highest BCUT2D eigenvalue weighted by Crippen LogP contribution is 2.25. The zero-order valence-electron chi connectivity index (χ0n) is 10.1. The lowest BCUT2D eigenvalue weighted by atomic mass is 10.2. The maximum absolute atomic E-state index is 10.2. The molecule has 4 nitrogen and oxygen atoms in total. The molecule has 0 aliphatic heterocycles. The number of aliphatic hydroxyl groups is 1. The van der Waals surface area contributed by atoms with E-state index in [9.17, 15) is 5.11 Å². The Balaban J connectivity index is 2.08. The molecular formula is C12H17N3OS. The van der Waals surface area contributed by atoms with Crippen LogP contribution in [0.15, 0.2) is 18.5 Å². The molecule has 0 bridgehead atoms. The van der Waals surface area contributed by atoms with Gasteiger partial charge in [0.2, 0.25) is 0 Å². The molecular weight excluding hydrogens is 234 g/mol. The van der Waals surface area contributed by atoms with Crippen LogP contribution in [0.4, 0.5) is 0 Å². The maximum atomic E-state index is 10.2. The molecule has 1 atom stereocenters. The molecule has 2 rings (SSSR count). The van der Waals surface area contributed by atoms with Crippen LogP contribution in [-0.2, 0) is 19.4 Å². The first-order valence-electron chi connectivity index (χ1n) is 5.88. The van der Waals surface area contributed by atoms with Gasteiger partial charge < -0.3 is 5.11 Å². The van der Waals surface area contributed by atoms with Gasteiger partial charge in [-0.3, -0.25) is 4.68 Å². The molecule has 0 radical (unpaired) electrons. The van der Waals surface area contributed by atoms with Gasteiger partial charge in [0.1, 0.15) is 12.2 Å². The smallest absolute Gasteiger partial charge is 0.138 e. The average Bonchev–Trinajstić information content (AvgIpc) is 2.96. The highest BCUT2D eigenvalue weighted by atomic mass is 32.1. The Kier molecular flexibility index (Phi) is 3.91. The Labute approximate surface area is 105 Å². The van der Waals surface area contributed by atoms with Crippen LogP contribution in [0, 0.1) is 0 Å². The Morgan fingerprint density at radius 3 is 2.88 bits per heavy atom. The van der Waals surface area contributed by atoms with Crippen molar-refractivity contribution in [3.63, 3.8) is 0 Å². The van der Waals surface area contributed by atoms with Crippen molar-refractivity contribution < 1.29 is 5.11 Å². The fourth-order valence-corrected chi connectivity index (χ4v) is 2.69. The first-order chi connectivity index (χ1) is 8.24. The van der Waals surface area contributed by atoms with E-state index in [4.69, 9.17) is 0 Å². The molecule has 0 fully saturated rings. The second-order valence-corrected chi connectivity index (χ2v) is 5.07. The highest BCUT2D eigenvalue weighted by Gasteiger charge is 2.14. The summed E-state index contributed by atoms with van der Waals surface area (Å²) < 4.78 is 1.82. The number of aryl methyl sites for hydroxylation is 2. The summed E-state index contributed by atoms with van der Waals surface area (Å²) >= 11 is 1.67. The van der Waals surface area contributed by atoms with Gasteiger partial charge in [0.25, 0.3) is 0 Å². The van der Waals surface area contributed by atoms with Crippen LogP contribution in [0.5, 0.6) is 0 Å². The molecule has 0 aliphatic rings. The van der Waals surface area contributed by atoms with Crippen molar-refractivity contribution in [1.82, 2.24) is 14.8 Å². The monoisotopic (exact) mass is 251 g/mol. The van der Waals surface area contributed by atoms with E-state index in [2.05, 4.69) is 23.1 Å². The second-order valence-electron chi connectivity index (χ2n) is 3.87. The number of aliphatic hydroxyl groups excluding tert-OH is 1. The molecule has 92 valence electrons. The van der Waals surface area contributed by atoms with Crippen LogP contribution in [-0.4, -0.2) is 19.9 Å². The molecule has 0 aromatic carbocycles. The van der Waals surface area contributed by atoms with Crippen LogP contribution in [0.25, 0.3) is 0 Å². The normalized spacial score (nSPS) is 12.9. The zero-order chi connectivity index (χ0) is 12.3. The SMILES string of the molecule is CCc1ccc(C(O)Cc2ncnn2CC)s1. The summed E-state index contributed by atoms with van der Waals surface area (Å²) in [5, 5.41) is 14.3. The topological polar surface area (TPSA) is 50.9 Å². The first kappa shape index (κ1) is 12.3. The maximum Gasteiger partial charge on any atom is 0.138 e. The summed E-state index contributed by atoms with van der Waals surface area (Å²) in [6, 6.07) is 4.08. The second kappa shape index (κ2) is 5.42. The van der Waals surface area contributed by atoms with Gasteiger partial charge in [-0.2, -0.15) is 5.10 Å². The van der Waals surface area contributed by atoms with Gasteiger partial charge in [-0.1, -0.05) is 6.92 Å². The molecule has 1 unspecified atom stereocenters. The summed E-state index contributed by atoms with van der Waals surface area (Å²) in [6.45, 7) is 4.92. The lowest BCUT2D eigenvalue weighted by Gasteiger charge is -2.08. The van der Waals surface area contributed by atoms with E-state index in [0.717, 1.165) is 23.7 Å². The van der Waals surface area contributed by atoms with Crippen LogP contribution < -0.4 is 0 Å². The number of hydrogen-bond donors (Lipinski definition) is 1. The average molecular weight is 251 g/mol. The molecule has 0 aliphatic carbocycles. The van der Waals surface area contributed by atoms with Crippen molar-refractivity contribution in [1.29, 1.82) is 0 Å². The third-order valence-corrected chi connectivity index (χ3v) is 4.06. The van der Waals surface area contributed by atoms with Gasteiger partial charge in [0.05, 0.1) is 6.10 Å². The van der Waals surface area contributed by atoms with Crippen molar-refractivity contribution in [3.05, 3.63) is 34.0 Å². The van der Waals surface area contributed by atoms with E-state index in [1.54, 1.807) is 11.3 Å². The minimum atomic E-state index is -0.477. The number of rotatable bonds is 5. The molecule has 17 heavy (non-hydrogen) atoms. The standard InChI is InChI=1S/C12H17N3OS/c1-3-9-5-6-11(17-9)10(16)7-12-13-8-14-15(12)4-2/h5-6,8,10,16H,3-4,7H2,1-2H3. The van der Waals surface area contributed by atoms with Crippen molar-refractivity contribution in [3.8, 4) is 0 Å². The molecule has 2 aromatic heterocycles. The Hall–Kier alpha value is -1.20. The quantitative estimate of drug-likeness (QED) is 0.886. The van der Waals surface area contributed by atoms with E-state index in [0.29, 0.717) is 6.42 Å². The number of aromatic nitrogens is 3. The Morgan fingerprint density at radius 1 is 1.41 bits per heavy atom. The van der Waals surface area contributed by atoms with E-state index >= 15 is 0 Å². The zero-order valence-corrected chi connectivity index (χ0v) is 10.9. The largest absolute Gasteiger partial charge is 0.387 e. The Morgan fingerprint density at radius 2 is 2.24 bits per heavy atom. The van der Waals surface area contributed by atoms with Crippen LogP contribution in [0.1, 0.15) is 35.5 Å². The van der Waals surface area contributed by atoms with Gasteiger partial charge in [0, 0.05) is 22.7 Å². The Bertz CT molecular complexity index is 478. The predicted octanol–water partition coefficient (Wildman–Crippen LogP) is 2.20. The summed E-state index contributed by atoms with van der Waals surface area (Å²) in [6.07, 6.45) is 2.60. The first-order valence-corrected chi connectivity index (χ1v) is 6.69. The van der Waals surface area contributed by atoms with Gasteiger partial charge in [-0.05, 0) is 25.5 Å². The van der Waals surface area contributed by atoms with Gasteiger partial charge in [-0.15, -0.1) is 11.3 Å². The minimum Gasteiger partial charge on any atom is -0.387 e. The van der Waals surface area contributed by atoms with Crippen molar-refractivity contribution in [2.75, 3.05) is 0 Å². The number of thiophene rings is 1. The lowest BCUT2D eigenvalue weighted by Crippen LogP contribution is -2.08. The predicted molar refractivity (Wildman–Crippen MR) is 68.1 cm³/mol. The van der Waals surface area contributed by atoms with E-state index in [1.807, 2.05) is 17.7 Å². The van der Waals surface area contributed by atoms with Crippen molar-refractivity contribution in [2.24, 2.45) is 0 Å². The third kappa shape index (κ3) is 2.73. The third-order valence-electron chi connectivity index (χ3n) is 2.73. The van der Waals surface area contributed by atoms with Crippen molar-refractivity contribution >= 4 is 11.3 Å². The van der Waals surface area contributed by atoms with Crippen LogP contribution in [0.3, 0.4) is 0 Å². The molecule has 0 amide bonds. The summed E-state index contributed by atoms with van der Waals surface area (Å²) in [5.74, 6) is 0.839. The van der Waals surface area contributed by atoms with Crippen molar-refractivity contribution in [2.45, 2.75) is 39.3 Å². The molecule has 2 aromatic rings. The summed E-state index contributed by atoms with van der Waals surface area (Å²) in [7, 11) is 0. The van der Waals surface area contributed by atoms with E-state index < -0.39 is 6.10 Å². The molecule has 2 heterocycles. The van der Waals surface area contributed by atoms with Gasteiger partial charge in [-0.25, -0.2) is 4.98 Å². The van der Waals surface area contributed by atoms with E-state index in [1.165, 1.54) is 11.2 Å². The minimum absolute atomic E-state index is 0.477. The molecule has 1 N–H and O–H groups in total. The van der Waals surface area contributed by atoms with Crippen LogP contribution in [0.2, 0.25) is 0 Å². The fourth-order valence-electron chi connectivity index (χ4n) is 1.75. The number of hydrogen-bond acceptors (Lipinski definition) is 4. The van der Waals surface area contributed by atoms with Crippen LogP contribution >= 0.6 is 11.3 Å². The molecule has 0 spiro atoms. The molecule has 0 saturated carbocycles. The highest BCUT2D eigenvalue weighted by molar-refractivity contribution is 7.12. The fraction of sp³-hybridized carbons (Fsp3) is 0.500. The number of nitrogens with zero attached hydrogens (tertiary/aromatic N) is 3. The van der Waals surface area contributed by atoms with Gasteiger partial charge >= 0.3 is 0 Å². The summed E-state index contributed by atoms with van der Waals surface area (Å²) in [4.78, 5) is 6.48. The molecule has 5 heteroatoms. The lowest BCUT2D eigenvalue weighted by molar-refractivity contribution is 0.178. The van der Waals surface area contributed by atoms with Gasteiger partial charge in [0.15, 0.2) is 0 Å².